The summed E-state index contributed by atoms with van der Waals surface area (Å²) in [6, 6.07) is 16.9. The molecule has 1 saturated heterocycles. The molecule has 2 aliphatic rings. The smallest absolute Gasteiger partial charge is 0.256 e. The van der Waals surface area contributed by atoms with Crippen molar-refractivity contribution in [1.29, 1.82) is 0 Å². The molecule has 2 aliphatic heterocycles. The van der Waals surface area contributed by atoms with Gasteiger partial charge in [0.05, 0.1) is 5.57 Å². The highest BCUT2D eigenvalue weighted by atomic mass is 35.5. The zero-order chi connectivity index (χ0) is 21.4. The minimum Gasteiger partial charge on any atom is -0.368 e. The van der Waals surface area contributed by atoms with Crippen molar-refractivity contribution in [1.82, 2.24) is 9.88 Å². The number of benzene rings is 2. The summed E-state index contributed by atoms with van der Waals surface area (Å²) in [5.74, 6) is -0.184. The highest BCUT2D eigenvalue weighted by Crippen LogP contribution is 2.34. The van der Waals surface area contributed by atoms with Gasteiger partial charge in [-0.15, -0.1) is 0 Å². The summed E-state index contributed by atoms with van der Waals surface area (Å²) in [5.41, 5.74) is 4.53. The van der Waals surface area contributed by atoms with Crippen LogP contribution in [0.25, 0.3) is 11.6 Å². The van der Waals surface area contributed by atoms with Crippen molar-refractivity contribution in [2.45, 2.75) is 0 Å². The zero-order valence-electron chi connectivity index (χ0n) is 16.8. The Balaban J connectivity index is 1.33. The molecular weight excluding hydrogens is 412 g/mol. The topological polar surface area (TPSA) is 68.4 Å². The van der Waals surface area contributed by atoms with E-state index in [9.17, 15) is 9.59 Å². The van der Waals surface area contributed by atoms with Crippen LogP contribution < -0.4 is 10.2 Å². The Morgan fingerprint density at radius 3 is 2.58 bits per heavy atom. The van der Waals surface area contributed by atoms with Gasteiger partial charge >= 0.3 is 0 Å². The maximum absolute atomic E-state index is 13.2. The number of anilines is 2. The van der Waals surface area contributed by atoms with Gasteiger partial charge in [-0.2, -0.15) is 0 Å². The Bertz CT molecular complexity index is 1180. The van der Waals surface area contributed by atoms with Crippen molar-refractivity contribution in [3.8, 4) is 0 Å². The quantitative estimate of drug-likeness (QED) is 0.611. The largest absolute Gasteiger partial charge is 0.368 e. The third-order valence-corrected chi connectivity index (χ3v) is 5.95. The fourth-order valence-electron chi connectivity index (χ4n) is 4.08. The molecule has 156 valence electrons. The van der Waals surface area contributed by atoms with Gasteiger partial charge in [-0.3, -0.25) is 9.59 Å². The van der Waals surface area contributed by atoms with Gasteiger partial charge < -0.3 is 20.1 Å². The normalized spacial score (nSPS) is 17.1. The van der Waals surface area contributed by atoms with Crippen LogP contribution in [-0.4, -0.2) is 47.9 Å². The lowest BCUT2D eigenvalue weighted by Crippen LogP contribution is -2.48. The molecule has 2 N–H and O–H groups in total. The second-order valence-electron chi connectivity index (χ2n) is 7.66. The fraction of sp³-hybridized carbons (Fsp3) is 0.167. The lowest BCUT2D eigenvalue weighted by Gasteiger charge is -2.36. The van der Waals surface area contributed by atoms with E-state index >= 15 is 0 Å². The molecule has 0 spiro atoms. The molecule has 0 saturated carbocycles. The highest BCUT2D eigenvalue weighted by Gasteiger charge is 2.27. The van der Waals surface area contributed by atoms with Crippen molar-refractivity contribution in [3.05, 3.63) is 82.6 Å². The number of H-pyrrole nitrogens is 1. The van der Waals surface area contributed by atoms with Crippen molar-refractivity contribution in [2.24, 2.45) is 0 Å². The van der Waals surface area contributed by atoms with E-state index in [1.807, 2.05) is 53.6 Å². The number of hydrogen-bond donors (Lipinski definition) is 2. The number of nitrogens with one attached hydrogen (secondary N) is 2. The van der Waals surface area contributed by atoms with Gasteiger partial charge in [0.15, 0.2) is 0 Å². The monoisotopic (exact) mass is 432 g/mol. The van der Waals surface area contributed by atoms with Gasteiger partial charge in [0.2, 0.25) is 0 Å². The Morgan fingerprint density at radius 2 is 1.84 bits per heavy atom. The summed E-state index contributed by atoms with van der Waals surface area (Å²) in [5, 5.41) is 3.58. The van der Waals surface area contributed by atoms with Gasteiger partial charge in [0.1, 0.15) is 0 Å². The predicted molar refractivity (Wildman–Crippen MR) is 123 cm³/mol. The van der Waals surface area contributed by atoms with Gasteiger partial charge in [-0.05, 0) is 54.6 Å². The van der Waals surface area contributed by atoms with Gasteiger partial charge in [-0.25, -0.2) is 0 Å². The number of nitrogens with zero attached hydrogens (tertiary/aromatic N) is 2. The van der Waals surface area contributed by atoms with Crippen LogP contribution >= 0.6 is 11.6 Å². The van der Waals surface area contributed by atoms with Gasteiger partial charge in [0, 0.05) is 65.6 Å². The van der Waals surface area contributed by atoms with Crippen LogP contribution in [0.4, 0.5) is 11.4 Å². The van der Waals surface area contributed by atoms with Crippen LogP contribution in [0.2, 0.25) is 5.02 Å². The first-order valence-electron chi connectivity index (χ1n) is 10.2. The minimum absolute atomic E-state index is 0.0212. The molecule has 1 fully saturated rings. The number of aromatic amines is 1. The lowest BCUT2D eigenvalue weighted by atomic mass is 10.0. The van der Waals surface area contributed by atoms with Crippen LogP contribution in [0.1, 0.15) is 21.6 Å². The number of aromatic nitrogens is 1. The third-order valence-electron chi connectivity index (χ3n) is 5.71. The molecule has 0 aliphatic carbocycles. The molecule has 0 atom stereocenters. The lowest BCUT2D eigenvalue weighted by molar-refractivity contribution is -0.110. The number of amides is 2. The van der Waals surface area contributed by atoms with Crippen molar-refractivity contribution in [3.63, 3.8) is 0 Å². The summed E-state index contributed by atoms with van der Waals surface area (Å²) in [4.78, 5) is 32.8. The first-order valence-corrected chi connectivity index (χ1v) is 10.6. The average Bonchev–Trinajstić information content (AvgIpc) is 3.41. The van der Waals surface area contributed by atoms with E-state index in [2.05, 4.69) is 15.2 Å². The first kappa shape index (κ1) is 19.5. The first-order chi connectivity index (χ1) is 15.1. The van der Waals surface area contributed by atoms with Crippen LogP contribution in [0, 0.1) is 0 Å². The van der Waals surface area contributed by atoms with Crippen LogP contribution in [0.15, 0.2) is 60.8 Å². The Labute approximate surface area is 185 Å². The number of carbonyl (C=O) groups excluding carboxylic acids is 2. The van der Waals surface area contributed by atoms with E-state index in [1.54, 1.807) is 18.2 Å². The van der Waals surface area contributed by atoms with Crippen LogP contribution in [0.5, 0.6) is 0 Å². The second kappa shape index (κ2) is 7.96. The maximum Gasteiger partial charge on any atom is 0.256 e. The Kier molecular flexibility index (Phi) is 5.00. The third kappa shape index (κ3) is 3.82. The molecule has 31 heavy (non-hydrogen) atoms. The number of fused-ring (bicyclic) bond motifs is 1. The van der Waals surface area contributed by atoms with E-state index in [1.165, 1.54) is 0 Å². The number of hydrogen-bond acceptors (Lipinski definition) is 3. The maximum atomic E-state index is 13.2. The molecule has 0 radical (unpaired) electrons. The summed E-state index contributed by atoms with van der Waals surface area (Å²) in [7, 11) is 0. The highest BCUT2D eigenvalue weighted by molar-refractivity contribution is 6.35. The molecule has 2 aromatic carbocycles. The summed E-state index contributed by atoms with van der Waals surface area (Å²) in [6.07, 6.45) is 3.61. The minimum atomic E-state index is -0.163. The summed E-state index contributed by atoms with van der Waals surface area (Å²) >= 11 is 6.11. The van der Waals surface area contributed by atoms with Crippen molar-refractivity contribution in [2.75, 3.05) is 36.4 Å². The number of piperazine rings is 1. The molecule has 0 bridgehead atoms. The van der Waals surface area contributed by atoms with E-state index < -0.39 is 0 Å². The van der Waals surface area contributed by atoms with E-state index in [0.717, 1.165) is 35.7 Å². The number of halogens is 1. The van der Waals surface area contributed by atoms with Crippen LogP contribution in [0.3, 0.4) is 0 Å². The zero-order valence-corrected chi connectivity index (χ0v) is 17.5. The fourth-order valence-corrected chi connectivity index (χ4v) is 4.26. The molecular formula is C24H21ClN4O2. The molecule has 0 unspecified atom stereocenters. The summed E-state index contributed by atoms with van der Waals surface area (Å²) < 4.78 is 0. The predicted octanol–water partition coefficient (Wildman–Crippen LogP) is 4.12. The van der Waals surface area contributed by atoms with Crippen molar-refractivity contribution >= 4 is 46.4 Å². The Morgan fingerprint density at radius 1 is 1.00 bits per heavy atom. The van der Waals surface area contributed by atoms with Crippen LogP contribution in [-0.2, 0) is 4.79 Å². The molecule has 6 nitrogen and oxygen atoms in total. The summed E-state index contributed by atoms with van der Waals surface area (Å²) in [6.45, 7) is 2.75. The van der Waals surface area contributed by atoms with Gasteiger partial charge in [0.25, 0.3) is 11.8 Å². The van der Waals surface area contributed by atoms with Gasteiger partial charge in [-0.1, -0.05) is 17.7 Å². The SMILES string of the molecule is O=C1Nc2ccc(C(=O)N3CCN(c4cccc(Cl)c4)CC3)cc2/C1=C/c1ccc[nH]1. The molecule has 7 heteroatoms. The second-order valence-corrected chi connectivity index (χ2v) is 8.09. The van der Waals surface area contributed by atoms with E-state index in [-0.39, 0.29) is 11.8 Å². The van der Waals surface area contributed by atoms with E-state index in [0.29, 0.717) is 29.2 Å². The standard InChI is InChI=1S/C24H21ClN4O2/c25-17-3-1-5-19(14-17)28-9-11-29(12-10-28)24(31)16-6-7-22-20(13-16)21(23(30)27-22)15-18-4-2-8-26-18/h1-8,13-15,26H,9-12H2,(H,27,30)/b21-15-. The molecule has 3 heterocycles. The number of carbonyl (C=O) groups is 2. The molecule has 2 amide bonds. The average molecular weight is 433 g/mol. The molecule has 5 rings (SSSR count). The van der Waals surface area contributed by atoms with E-state index in [4.69, 9.17) is 11.6 Å². The number of rotatable bonds is 3. The van der Waals surface area contributed by atoms with Crippen molar-refractivity contribution < 1.29 is 9.59 Å². The Hall–Kier alpha value is -3.51. The molecule has 3 aromatic rings. The molecule has 1 aromatic heterocycles.